The van der Waals surface area contributed by atoms with Gasteiger partial charge in [-0.15, -0.1) is 0 Å². The second-order valence-corrected chi connectivity index (χ2v) is 6.31. The molecule has 0 aromatic carbocycles. The first-order valence-electron chi connectivity index (χ1n) is 6.63. The van der Waals surface area contributed by atoms with E-state index in [0.29, 0.717) is 5.92 Å². The molecule has 0 radical (unpaired) electrons. The van der Waals surface area contributed by atoms with E-state index in [2.05, 4.69) is 9.55 Å². The predicted octanol–water partition coefficient (Wildman–Crippen LogP) is 1.86. The molecule has 2 heterocycles. The van der Waals surface area contributed by atoms with E-state index in [1.807, 2.05) is 45.1 Å². The Hall–Kier alpha value is -1.32. The van der Waals surface area contributed by atoms with Gasteiger partial charge in [-0.2, -0.15) is 0 Å². The maximum Gasteiger partial charge on any atom is 0.227 e. The number of carbonyl (C=O) groups excluding carboxylic acids is 1. The van der Waals surface area contributed by atoms with E-state index >= 15 is 0 Å². The smallest absolute Gasteiger partial charge is 0.227 e. The van der Waals surface area contributed by atoms with Gasteiger partial charge < -0.3 is 9.47 Å². The summed E-state index contributed by atoms with van der Waals surface area (Å²) >= 11 is 0. The minimum Gasteiger partial charge on any atom is -0.342 e. The third kappa shape index (κ3) is 2.74. The summed E-state index contributed by atoms with van der Waals surface area (Å²) in [5.74, 6) is 1.94. The molecule has 0 saturated carbocycles. The molecule has 0 N–H and O–H groups in total. The van der Waals surface area contributed by atoms with Crippen molar-refractivity contribution in [1.82, 2.24) is 14.5 Å². The van der Waals surface area contributed by atoms with Gasteiger partial charge in [-0.25, -0.2) is 4.98 Å². The number of aromatic nitrogens is 2. The molecule has 0 spiro atoms. The van der Waals surface area contributed by atoms with Crippen LogP contribution in [0.5, 0.6) is 0 Å². The largest absolute Gasteiger partial charge is 0.342 e. The van der Waals surface area contributed by atoms with Gasteiger partial charge >= 0.3 is 0 Å². The van der Waals surface area contributed by atoms with Crippen LogP contribution in [0.3, 0.4) is 0 Å². The average molecular weight is 249 g/mol. The van der Waals surface area contributed by atoms with Crippen molar-refractivity contribution in [3.05, 3.63) is 18.2 Å². The molecule has 1 atom stereocenters. The number of carbonyl (C=O) groups is 1. The van der Waals surface area contributed by atoms with Gasteiger partial charge in [0.25, 0.3) is 0 Å². The van der Waals surface area contributed by atoms with Crippen molar-refractivity contribution < 1.29 is 4.79 Å². The van der Waals surface area contributed by atoms with Gasteiger partial charge in [0.2, 0.25) is 5.91 Å². The van der Waals surface area contributed by atoms with Crippen LogP contribution in [0, 0.1) is 11.3 Å². The molecular weight excluding hydrogens is 226 g/mol. The topological polar surface area (TPSA) is 38.1 Å². The second-order valence-electron chi connectivity index (χ2n) is 6.31. The van der Waals surface area contributed by atoms with Crippen LogP contribution in [0.4, 0.5) is 0 Å². The number of amides is 1. The van der Waals surface area contributed by atoms with Crippen molar-refractivity contribution in [2.24, 2.45) is 18.4 Å². The Labute approximate surface area is 109 Å². The third-order valence-electron chi connectivity index (χ3n) is 3.61. The number of hydrogen-bond acceptors (Lipinski definition) is 2. The van der Waals surface area contributed by atoms with E-state index in [4.69, 9.17) is 0 Å². The van der Waals surface area contributed by atoms with E-state index in [-0.39, 0.29) is 11.3 Å². The normalized spacial score (nSPS) is 20.4. The predicted molar refractivity (Wildman–Crippen MR) is 71.1 cm³/mol. The minimum absolute atomic E-state index is 0.266. The SMILES string of the molecule is Cn1ccnc1C[C@@H]1CCN(C(=O)C(C)(C)C)C1. The Bertz CT molecular complexity index is 430. The summed E-state index contributed by atoms with van der Waals surface area (Å²) < 4.78 is 2.06. The molecular formula is C14H23N3O. The van der Waals surface area contributed by atoms with Crippen molar-refractivity contribution in [2.75, 3.05) is 13.1 Å². The number of nitrogens with zero attached hydrogens (tertiary/aromatic N) is 3. The van der Waals surface area contributed by atoms with Crippen molar-refractivity contribution in [3.8, 4) is 0 Å². The summed E-state index contributed by atoms with van der Waals surface area (Å²) in [5.41, 5.74) is -0.266. The van der Waals surface area contributed by atoms with E-state index < -0.39 is 0 Å². The molecule has 1 aromatic rings. The lowest BCUT2D eigenvalue weighted by Gasteiger charge is -2.25. The van der Waals surface area contributed by atoms with Crippen LogP contribution in [0.15, 0.2) is 12.4 Å². The fraction of sp³-hybridized carbons (Fsp3) is 0.714. The van der Waals surface area contributed by atoms with E-state index in [1.54, 1.807) is 0 Å². The Morgan fingerprint density at radius 3 is 2.78 bits per heavy atom. The van der Waals surface area contributed by atoms with E-state index in [0.717, 1.165) is 31.8 Å². The number of aryl methyl sites for hydroxylation is 1. The zero-order valence-corrected chi connectivity index (χ0v) is 11.8. The van der Waals surface area contributed by atoms with Crippen LogP contribution in [0.1, 0.15) is 33.0 Å². The second kappa shape index (κ2) is 4.75. The number of hydrogen-bond donors (Lipinski definition) is 0. The summed E-state index contributed by atoms with van der Waals surface area (Å²) in [4.78, 5) is 18.6. The van der Waals surface area contributed by atoms with Gasteiger partial charge in [-0.3, -0.25) is 4.79 Å². The number of imidazole rings is 1. The fourth-order valence-electron chi connectivity index (χ4n) is 2.51. The molecule has 0 aliphatic carbocycles. The van der Waals surface area contributed by atoms with E-state index in [9.17, 15) is 4.79 Å². The lowest BCUT2D eigenvalue weighted by Crippen LogP contribution is -2.38. The van der Waals surface area contributed by atoms with Gasteiger partial charge in [-0.1, -0.05) is 20.8 Å². The standard InChI is InChI=1S/C14H23N3O/c1-14(2,3)13(18)17-7-5-11(10-17)9-12-15-6-8-16(12)4/h6,8,11H,5,7,9-10H2,1-4H3/t11-/m0/s1. The van der Waals surface area contributed by atoms with Crippen LogP contribution in [0.2, 0.25) is 0 Å². The summed E-state index contributed by atoms with van der Waals surface area (Å²) in [6.07, 6.45) is 5.87. The first-order chi connectivity index (χ1) is 8.38. The average Bonchev–Trinajstić information content (AvgIpc) is 2.87. The fourth-order valence-corrected chi connectivity index (χ4v) is 2.51. The molecule has 1 aromatic heterocycles. The zero-order chi connectivity index (χ0) is 13.3. The number of likely N-dealkylation sites (tertiary alicyclic amines) is 1. The molecule has 100 valence electrons. The molecule has 1 amide bonds. The minimum atomic E-state index is -0.266. The Balaban J connectivity index is 1.93. The van der Waals surface area contributed by atoms with Gasteiger partial charge in [0.1, 0.15) is 5.82 Å². The third-order valence-corrected chi connectivity index (χ3v) is 3.61. The lowest BCUT2D eigenvalue weighted by molar-refractivity contribution is -0.138. The molecule has 0 bridgehead atoms. The van der Waals surface area contributed by atoms with Crippen molar-refractivity contribution in [2.45, 2.75) is 33.6 Å². The Morgan fingerprint density at radius 1 is 1.50 bits per heavy atom. The molecule has 4 nitrogen and oxygen atoms in total. The lowest BCUT2D eigenvalue weighted by atomic mass is 9.95. The first kappa shape index (κ1) is 13.1. The van der Waals surface area contributed by atoms with Crippen LogP contribution in [0.25, 0.3) is 0 Å². The maximum absolute atomic E-state index is 12.2. The van der Waals surface area contributed by atoms with Crippen LogP contribution in [-0.4, -0.2) is 33.4 Å². The molecule has 18 heavy (non-hydrogen) atoms. The highest BCUT2D eigenvalue weighted by atomic mass is 16.2. The zero-order valence-electron chi connectivity index (χ0n) is 11.8. The quantitative estimate of drug-likeness (QED) is 0.802. The van der Waals surface area contributed by atoms with Crippen molar-refractivity contribution in [3.63, 3.8) is 0 Å². The van der Waals surface area contributed by atoms with Gasteiger partial charge in [0.15, 0.2) is 0 Å². The van der Waals surface area contributed by atoms with Crippen LogP contribution >= 0.6 is 0 Å². The highest BCUT2D eigenvalue weighted by Crippen LogP contribution is 2.25. The molecule has 4 heteroatoms. The Morgan fingerprint density at radius 2 is 2.22 bits per heavy atom. The van der Waals surface area contributed by atoms with E-state index in [1.165, 1.54) is 0 Å². The molecule has 1 saturated heterocycles. The summed E-state index contributed by atoms with van der Waals surface area (Å²) in [5, 5.41) is 0. The molecule has 1 aliphatic rings. The molecule has 2 rings (SSSR count). The van der Waals surface area contributed by atoms with Gasteiger partial charge in [-0.05, 0) is 12.3 Å². The summed E-state index contributed by atoms with van der Waals surface area (Å²) in [6, 6.07) is 0. The Kier molecular flexibility index (Phi) is 3.46. The van der Waals surface area contributed by atoms with Crippen molar-refractivity contribution >= 4 is 5.91 Å². The van der Waals surface area contributed by atoms with Gasteiger partial charge in [0.05, 0.1) is 0 Å². The van der Waals surface area contributed by atoms with Crippen LogP contribution < -0.4 is 0 Å². The summed E-state index contributed by atoms with van der Waals surface area (Å²) in [7, 11) is 2.02. The van der Waals surface area contributed by atoms with Gasteiger partial charge in [0, 0.05) is 44.4 Å². The maximum atomic E-state index is 12.2. The highest BCUT2D eigenvalue weighted by Gasteiger charge is 2.33. The van der Waals surface area contributed by atoms with Crippen molar-refractivity contribution in [1.29, 1.82) is 0 Å². The monoisotopic (exact) mass is 249 g/mol. The van der Waals surface area contributed by atoms with Crippen LogP contribution in [-0.2, 0) is 18.3 Å². The number of rotatable bonds is 2. The highest BCUT2D eigenvalue weighted by molar-refractivity contribution is 5.81. The summed E-state index contributed by atoms with van der Waals surface area (Å²) in [6.45, 7) is 7.73. The first-order valence-corrected chi connectivity index (χ1v) is 6.63. The molecule has 1 fully saturated rings. The molecule has 0 unspecified atom stereocenters. The molecule has 1 aliphatic heterocycles.